The molecule has 0 bridgehead atoms. The van der Waals surface area contributed by atoms with Gasteiger partial charge in [-0.15, -0.1) is 0 Å². The molecule has 5 aliphatic carbocycles. The maximum atomic E-state index is 15.5. The molecule has 77 heavy (non-hydrogen) atoms. The third kappa shape index (κ3) is 9.78. The summed E-state index contributed by atoms with van der Waals surface area (Å²) in [4.78, 5) is 41.2. The molecular weight excluding hydrogens is 1010 g/mol. The van der Waals surface area contributed by atoms with Crippen LogP contribution in [-0.2, 0) is 47.5 Å². The molecule has 4 saturated carbocycles. The number of aliphatic hydroxyl groups excluding tert-OH is 9. The molecule has 430 valence electrons. The summed E-state index contributed by atoms with van der Waals surface area (Å²) in [5, 5.41) is 118. The number of allylic oxidation sites excluding steroid dienone is 2. The Morgan fingerprint density at radius 3 is 2.04 bits per heavy atom. The van der Waals surface area contributed by atoms with Gasteiger partial charge in [0.25, 0.3) is 0 Å². The fourth-order valence-corrected chi connectivity index (χ4v) is 15.9. The van der Waals surface area contributed by atoms with Crippen molar-refractivity contribution in [3.63, 3.8) is 0 Å². The van der Waals surface area contributed by atoms with E-state index in [1.54, 1.807) is 12.1 Å². The molecule has 7 fully saturated rings. The highest BCUT2D eigenvalue weighted by Crippen LogP contribution is 2.76. The van der Waals surface area contributed by atoms with Crippen molar-refractivity contribution in [3.05, 3.63) is 47.6 Å². The molecule has 0 aromatic heterocycles. The van der Waals surface area contributed by atoms with Crippen molar-refractivity contribution >= 4 is 24.0 Å². The van der Waals surface area contributed by atoms with E-state index in [0.29, 0.717) is 37.7 Å². The number of phenolic OH excluding ortho intramolecular Hbond substituents is 1. The third-order valence-electron chi connectivity index (χ3n) is 20.4. The maximum absolute atomic E-state index is 15.5. The number of hydrogen-bond donors (Lipinski definition) is 11. The quantitative estimate of drug-likeness (QED) is 0.0651. The van der Waals surface area contributed by atoms with Crippen molar-refractivity contribution in [2.45, 2.75) is 204 Å². The van der Waals surface area contributed by atoms with E-state index >= 15 is 4.79 Å². The van der Waals surface area contributed by atoms with Gasteiger partial charge in [0.1, 0.15) is 66.1 Å². The average molecular weight is 1090 g/mol. The minimum absolute atomic E-state index is 0.00123. The molecule has 3 aliphatic heterocycles. The van der Waals surface area contributed by atoms with Gasteiger partial charge in [-0.1, -0.05) is 72.2 Å². The summed E-state index contributed by atoms with van der Waals surface area (Å²) in [6.45, 7) is 14.0. The van der Waals surface area contributed by atoms with Crippen LogP contribution in [0.15, 0.2) is 42.0 Å². The van der Waals surface area contributed by atoms with E-state index < -0.39 is 157 Å². The number of phenols is 1. The second-order valence-electron chi connectivity index (χ2n) is 25.5. The van der Waals surface area contributed by atoms with Gasteiger partial charge in [0.15, 0.2) is 24.8 Å². The van der Waals surface area contributed by atoms with E-state index in [4.69, 9.17) is 33.2 Å². The van der Waals surface area contributed by atoms with E-state index in [1.807, 2.05) is 0 Å². The molecule has 0 unspecified atom stereocenters. The number of fused-ring (bicyclic) bond motifs is 7. The fraction of sp³-hybridized carbons (Fsp3) is 0.768. The highest BCUT2D eigenvalue weighted by molar-refractivity contribution is 5.87. The number of carboxylic acids is 1. The van der Waals surface area contributed by atoms with E-state index in [-0.39, 0.29) is 41.3 Å². The van der Waals surface area contributed by atoms with Gasteiger partial charge < -0.3 is 89.3 Å². The van der Waals surface area contributed by atoms with Gasteiger partial charge in [0.05, 0.1) is 25.4 Å². The van der Waals surface area contributed by atoms with Crippen molar-refractivity contribution < 1.29 is 104 Å². The average Bonchev–Trinajstić information content (AvgIpc) is 3.45. The Morgan fingerprint density at radius 1 is 0.714 bits per heavy atom. The molecule has 1 aromatic rings. The first-order valence-corrected chi connectivity index (χ1v) is 27.2. The second-order valence-corrected chi connectivity index (χ2v) is 25.5. The predicted molar refractivity (Wildman–Crippen MR) is 267 cm³/mol. The van der Waals surface area contributed by atoms with Crippen LogP contribution in [0, 0.1) is 50.2 Å². The fourth-order valence-electron chi connectivity index (χ4n) is 15.9. The number of aliphatic hydroxyl groups is 9. The topological polar surface area (TPSA) is 338 Å². The minimum Gasteiger partial charge on any atom is -0.508 e. The number of esters is 2. The molecule has 3 heterocycles. The SMILES string of the molecule is CC1(C)CC[C@]2(C(=O)O[C@H]3OC[C@@H](O)[C@H](O[C@H]4O[C@H](CO)[C@@H](O)[C@H](O)[C@H]4O)[C@H]3OC(=O)/C=C/c3ccc(O)cc3)[C@H](O)C[C@]3(C)C(=CC[C@@H]4[C@@]5(C)CC[C@H](O[C@H]6O[C@H](C(=O)O)[C@@H](O)[C@H](O)[C@H]6O)C(C)(C)[C@@H]5CC[C@]43C)[C@@H]2C1. The highest BCUT2D eigenvalue weighted by atomic mass is 16.8. The highest BCUT2D eigenvalue weighted by Gasteiger charge is 2.72. The van der Waals surface area contributed by atoms with Crippen LogP contribution in [0.5, 0.6) is 5.75 Å². The number of ether oxygens (including phenoxy) is 7. The molecule has 8 aliphatic rings. The van der Waals surface area contributed by atoms with Gasteiger partial charge in [-0.25, -0.2) is 9.59 Å². The lowest BCUT2D eigenvalue weighted by Gasteiger charge is -2.71. The van der Waals surface area contributed by atoms with Crippen LogP contribution < -0.4 is 0 Å². The zero-order chi connectivity index (χ0) is 56.1. The number of carbonyl (C=O) groups excluding carboxylic acids is 2. The van der Waals surface area contributed by atoms with Crippen molar-refractivity contribution in [2.24, 2.45) is 50.2 Å². The molecule has 23 atom stereocenters. The molecule has 21 nitrogen and oxygen atoms in total. The number of carboxylic acid groups (broad SMARTS) is 1. The summed E-state index contributed by atoms with van der Waals surface area (Å²) in [6.07, 6.45) is -16.2. The number of hydrogen-bond acceptors (Lipinski definition) is 20. The molecule has 1 aromatic carbocycles. The molecule has 3 saturated heterocycles. The van der Waals surface area contributed by atoms with Gasteiger partial charge in [0.2, 0.25) is 6.29 Å². The zero-order valence-corrected chi connectivity index (χ0v) is 44.8. The summed E-state index contributed by atoms with van der Waals surface area (Å²) in [5.74, 6) is -3.66. The number of carbonyl (C=O) groups is 3. The van der Waals surface area contributed by atoms with Crippen LogP contribution >= 0.6 is 0 Å². The molecule has 21 heteroatoms. The number of benzene rings is 1. The molecular formula is C56H80O21. The van der Waals surface area contributed by atoms with Gasteiger partial charge in [-0.3, -0.25) is 4.79 Å². The number of rotatable bonds is 11. The number of aliphatic carboxylic acids is 1. The predicted octanol–water partition coefficient (Wildman–Crippen LogP) is 1.81. The van der Waals surface area contributed by atoms with E-state index in [9.17, 15) is 65.8 Å². The van der Waals surface area contributed by atoms with Crippen molar-refractivity contribution in [1.82, 2.24) is 0 Å². The summed E-state index contributed by atoms with van der Waals surface area (Å²) in [6, 6.07) is 5.92. The Balaban J connectivity index is 1.00. The molecule has 11 N–H and O–H groups in total. The third-order valence-corrected chi connectivity index (χ3v) is 20.4. The Bertz CT molecular complexity index is 2410. The van der Waals surface area contributed by atoms with Gasteiger partial charge in [-0.05, 0) is 126 Å². The lowest BCUT2D eigenvalue weighted by Crippen LogP contribution is -2.68. The summed E-state index contributed by atoms with van der Waals surface area (Å²) >= 11 is 0. The van der Waals surface area contributed by atoms with E-state index in [2.05, 4.69) is 54.5 Å². The van der Waals surface area contributed by atoms with Crippen LogP contribution in [0.1, 0.15) is 112 Å². The lowest BCUT2D eigenvalue weighted by molar-refractivity contribution is -0.347. The monoisotopic (exact) mass is 1090 g/mol. The first-order chi connectivity index (χ1) is 36.0. The van der Waals surface area contributed by atoms with Gasteiger partial charge in [0, 0.05) is 6.08 Å². The summed E-state index contributed by atoms with van der Waals surface area (Å²) in [5.41, 5.74) is -2.05. The molecule has 0 spiro atoms. The first kappa shape index (κ1) is 58.0. The standard InChI is InChI=1S/C56H80O21/c1-51(2)20-21-56(50(70)77-49-45(74-36(61)15-10-26-8-11-27(58)12-9-26)43(30(59)25-71-49)75-47-41(66)38(63)37(62)31(24-57)72-47)29(22-51)28-13-14-33-53(5)18-17-35(73-48-42(67)39(64)40(65)44(76-48)46(68)69)52(3,4)32(53)16-19-54(33,6)55(28,7)23-34(56)60/h8-13,15,29-35,37-45,47-49,57-60,62-67H,14,16-25H2,1-7H3,(H,68,69)/b15-10+/t29-,30+,31+,32-,33+,34+,35-,37+,38-,39-,40-,41+,42+,43-,44-,45+,47+,48-,49+,53-,54+,55+,56+/m0/s1. The number of aromatic hydroxyl groups is 1. The van der Waals surface area contributed by atoms with E-state index in [0.717, 1.165) is 24.5 Å². The second kappa shape index (κ2) is 21.0. The molecule has 0 amide bonds. The minimum atomic E-state index is -1.91. The van der Waals surface area contributed by atoms with Crippen LogP contribution in [-0.4, -0.2) is 186 Å². The van der Waals surface area contributed by atoms with Crippen LogP contribution in [0.2, 0.25) is 0 Å². The summed E-state index contributed by atoms with van der Waals surface area (Å²) < 4.78 is 41.9. The normalized spacial score (nSPS) is 47.3. The van der Waals surface area contributed by atoms with Crippen molar-refractivity contribution in [1.29, 1.82) is 0 Å². The smallest absolute Gasteiger partial charge is 0.335 e. The Labute approximate surface area is 447 Å². The largest absolute Gasteiger partial charge is 0.508 e. The molecule has 9 rings (SSSR count). The van der Waals surface area contributed by atoms with Crippen molar-refractivity contribution in [2.75, 3.05) is 13.2 Å². The van der Waals surface area contributed by atoms with Crippen LogP contribution in [0.4, 0.5) is 0 Å². The molecule has 0 radical (unpaired) electrons. The first-order valence-electron chi connectivity index (χ1n) is 27.2. The summed E-state index contributed by atoms with van der Waals surface area (Å²) in [7, 11) is 0. The maximum Gasteiger partial charge on any atom is 0.335 e. The Hall–Kier alpha value is -3.65. The van der Waals surface area contributed by atoms with Gasteiger partial charge in [-0.2, -0.15) is 0 Å². The van der Waals surface area contributed by atoms with Crippen LogP contribution in [0.25, 0.3) is 6.08 Å². The van der Waals surface area contributed by atoms with Crippen molar-refractivity contribution in [3.8, 4) is 5.75 Å². The van der Waals surface area contributed by atoms with Gasteiger partial charge >= 0.3 is 17.9 Å². The Kier molecular flexibility index (Phi) is 15.8. The zero-order valence-electron chi connectivity index (χ0n) is 44.8. The Morgan fingerprint density at radius 2 is 1.38 bits per heavy atom. The lowest BCUT2D eigenvalue weighted by atomic mass is 9.33. The van der Waals surface area contributed by atoms with Crippen LogP contribution in [0.3, 0.4) is 0 Å². The van der Waals surface area contributed by atoms with E-state index in [1.165, 1.54) is 18.2 Å².